The van der Waals surface area contributed by atoms with Crippen molar-refractivity contribution in [3.8, 4) is 11.4 Å². The Labute approximate surface area is 278 Å². The summed E-state index contributed by atoms with van der Waals surface area (Å²) in [5.41, 5.74) is 4.54. The van der Waals surface area contributed by atoms with Crippen molar-refractivity contribution in [2.45, 2.75) is 96.8 Å². The van der Waals surface area contributed by atoms with Crippen molar-refractivity contribution in [2.24, 2.45) is 23.7 Å². The highest BCUT2D eigenvalue weighted by molar-refractivity contribution is 7.12. The minimum Gasteiger partial charge on any atom is -0.481 e. The van der Waals surface area contributed by atoms with Crippen molar-refractivity contribution < 1.29 is 14.7 Å². The van der Waals surface area contributed by atoms with Crippen LogP contribution in [0.2, 0.25) is 0 Å². The van der Waals surface area contributed by atoms with Crippen LogP contribution in [0.25, 0.3) is 17.0 Å². The lowest BCUT2D eigenvalue weighted by molar-refractivity contribution is -0.153. The predicted molar refractivity (Wildman–Crippen MR) is 186 cm³/mol. The van der Waals surface area contributed by atoms with Crippen molar-refractivity contribution in [3.05, 3.63) is 75.7 Å². The normalized spacial score (nSPS) is 23.0. The summed E-state index contributed by atoms with van der Waals surface area (Å²) in [7, 11) is 0. The second kappa shape index (κ2) is 13.8. The van der Waals surface area contributed by atoms with Crippen molar-refractivity contribution in [3.63, 3.8) is 0 Å². The van der Waals surface area contributed by atoms with E-state index in [0.29, 0.717) is 12.2 Å². The molecular weight excluding hydrogens is 591 g/mol. The molecule has 3 aromatic rings. The molecule has 0 spiro atoms. The van der Waals surface area contributed by atoms with E-state index in [0.717, 1.165) is 45.7 Å². The maximum atomic E-state index is 13.6. The third-order valence-electron chi connectivity index (χ3n) is 10.8. The maximum absolute atomic E-state index is 13.6. The van der Waals surface area contributed by atoms with E-state index in [4.69, 9.17) is 9.97 Å². The monoisotopic (exact) mass is 639 g/mol. The van der Waals surface area contributed by atoms with Crippen LogP contribution < -0.4 is 0 Å². The zero-order valence-electron chi connectivity index (χ0n) is 27.9. The first-order valence-electron chi connectivity index (χ1n) is 17.3. The van der Waals surface area contributed by atoms with E-state index in [2.05, 4.69) is 58.0 Å². The van der Waals surface area contributed by atoms with E-state index in [-0.39, 0.29) is 30.3 Å². The molecule has 2 aliphatic carbocycles. The van der Waals surface area contributed by atoms with Gasteiger partial charge in [0.2, 0.25) is 5.91 Å². The van der Waals surface area contributed by atoms with Crippen molar-refractivity contribution >= 4 is 28.8 Å². The Morgan fingerprint density at radius 2 is 1.63 bits per heavy atom. The van der Waals surface area contributed by atoms with Gasteiger partial charge in [-0.2, -0.15) is 0 Å². The number of carboxylic acid groups (broad SMARTS) is 1. The molecule has 0 radical (unpaired) electrons. The maximum Gasteiger partial charge on any atom is 0.310 e. The summed E-state index contributed by atoms with van der Waals surface area (Å²) in [5.74, 6) is 1.77. The highest BCUT2D eigenvalue weighted by atomic mass is 32.1. The van der Waals surface area contributed by atoms with E-state index < -0.39 is 11.9 Å². The van der Waals surface area contributed by atoms with Crippen molar-refractivity contribution in [1.29, 1.82) is 0 Å². The summed E-state index contributed by atoms with van der Waals surface area (Å²) in [6, 6.07) is 12.4. The highest BCUT2D eigenvalue weighted by Gasteiger charge is 2.39. The van der Waals surface area contributed by atoms with Gasteiger partial charge in [-0.3, -0.25) is 9.59 Å². The van der Waals surface area contributed by atoms with E-state index >= 15 is 0 Å². The van der Waals surface area contributed by atoms with Crippen LogP contribution in [-0.2, 0) is 21.4 Å². The molecule has 1 aromatic carbocycles. The van der Waals surface area contributed by atoms with Gasteiger partial charge in [-0.1, -0.05) is 77.3 Å². The second-order valence-electron chi connectivity index (χ2n) is 14.9. The lowest BCUT2D eigenvalue weighted by Crippen LogP contribution is -2.54. The van der Waals surface area contributed by atoms with Crippen LogP contribution in [0.3, 0.4) is 0 Å². The number of amides is 1. The average Bonchev–Trinajstić information content (AvgIpc) is 3.54. The molecule has 1 N–H and O–H groups in total. The zero-order valence-corrected chi connectivity index (χ0v) is 28.7. The molecular formula is C39H49N3O3S. The Morgan fingerprint density at radius 1 is 0.935 bits per heavy atom. The number of rotatable bonds is 9. The van der Waals surface area contributed by atoms with Gasteiger partial charge in [0.15, 0.2) is 5.82 Å². The number of thiophene rings is 1. The predicted octanol–water partition coefficient (Wildman–Crippen LogP) is 8.77. The van der Waals surface area contributed by atoms with Gasteiger partial charge in [-0.15, -0.1) is 11.3 Å². The molecule has 46 heavy (non-hydrogen) atoms. The van der Waals surface area contributed by atoms with Crippen LogP contribution >= 0.6 is 11.3 Å². The smallest absolute Gasteiger partial charge is 0.310 e. The summed E-state index contributed by atoms with van der Waals surface area (Å²) in [4.78, 5) is 38.5. The molecule has 6 nitrogen and oxygen atoms in total. The number of carboxylic acids is 1. The number of aromatic nitrogens is 2. The van der Waals surface area contributed by atoms with Crippen molar-refractivity contribution in [2.75, 3.05) is 13.1 Å². The zero-order chi connectivity index (χ0) is 32.4. The molecule has 2 aromatic heterocycles. The topological polar surface area (TPSA) is 83.4 Å². The third kappa shape index (κ3) is 7.30. The number of hydrogen-bond acceptors (Lipinski definition) is 5. The van der Waals surface area contributed by atoms with Crippen LogP contribution in [-0.4, -0.2) is 44.9 Å². The number of benzene rings is 1. The van der Waals surface area contributed by atoms with Gasteiger partial charge in [-0.05, 0) is 85.0 Å². The summed E-state index contributed by atoms with van der Waals surface area (Å²) in [5, 5.41) is 9.34. The van der Waals surface area contributed by atoms with Crippen LogP contribution in [0.5, 0.6) is 0 Å². The molecule has 0 bridgehead atoms. The molecule has 2 atom stereocenters. The number of carbonyl (C=O) groups excluding carboxylic acids is 1. The lowest BCUT2D eigenvalue weighted by Gasteiger charge is -2.38. The molecule has 7 heteroatoms. The average molecular weight is 640 g/mol. The molecule has 3 aliphatic rings. The Balaban J connectivity index is 1.10. The SMILES string of the molecule is CCC1CCC(C2CC=C(c3cnc(-c4ccc(CC(C(=O)N5CC(C(=O)O)C5)c5ccc(C(C)(C)C)s5)cc4)nc3)CC2)CC1. The number of likely N-dealkylation sites (tertiary alicyclic amines) is 1. The standard InChI is InChI=1S/C39H49N3O3S/c1-5-25-6-10-27(11-7-25)28-14-16-29(17-15-28)31-21-40-36(41-22-31)30-12-8-26(9-13-30)20-33(34-18-19-35(46-34)39(2,3)4)37(43)42-23-32(24-42)38(44)45/h8-9,12-13,16,18-19,21-22,25,27-28,32-33H,5-7,10-11,14-15,17,20,23-24H2,1-4H3,(H,44,45). The van der Waals surface area contributed by atoms with E-state index in [1.165, 1.54) is 55.4 Å². The van der Waals surface area contributed by atoms with E-state index in [1.54, 1.807) is 16.2 Å². The number of hydrogen-bond donors (Lipinski definition) is 1. The number of aliphatic carboxylic acids is 1. The molecule has 1 amide bonds. The summed E-state index contributed by atoms with van der Waals surface area (Å²) < 4.78 is 0. The Hall–Kier alpha value is -3.32. The molecule has 244 valence electrons. The van der Waals surface area contributed by atoms with Gasteiger partial charge in [0.1, 0.15) is 0 Å². The van der Waals surface area contributed by atoms with Gasteiger partial charge < -0.3 is 10.0 Å². The van der Waals surface area contributed by atoms with Crippen molar-refractivity contribution in [1.82, 2.24) is 14.9 Å². The Kier molecular flexibility index (Phi) is 9.79. The quantitative estimate of drug-likeness (QED) is 0.253. The summed E-state index contributed by atoms with van der Waals surface area (Å²) in [6.07, 6.45) is 17.6. The second-order valence-corrected chi connectivity index (χ2v) is 16.0. The molecule has 2 unspecified atom stereocenters. The third-order valence-corrected chi connectivity index (χ3v) is 12.4. The number of nitrogens with zero attached hydrogens (tertiary/aromatic N) is 3. The van der Waals surface area contributed by atoms with Gasteiger partial charge in [-0.25, -0.2) is 9.97 Å². The van der Waals surface area contributed by atoms with Gasteiger partial charge in [0, 0.05) is 46.4 Å². The largest absolute Gasteiger partial charge is 0.481 e. The fourth-order valence-electron chi connectivity index (χ4n) is 7.57. The van der Waals surface area contributed by atoms with Gasteiger partial charge >= 0.3 is 5.97 Å². The lowest BCUT2D eigenvalue weighted by atomic mass is 9.71. The molecule has 6 rings (SSSR count). The van der Waals surface area contributed by atoms with Gasteiger partial charge in [0.25, 0.3) is 0 Å². The highest BCUT2D eigenvalue weighted by Crippen LogP contribution is 2.42. The van der Waals surface area contributed by atoms with E-state index in [9.17, 15) is 14.7 Å². The van der Waals surface area contributed by atoms with Crippen LogP contribution in [0.4, 0.5) is 0 Å². The Bertz CT molecular complexity index is 1540. The number of carbonyl (C=O) groups is 2. The molecule has 3 heterocycles. The fraction of sp³-hybridized carbons (Fsp3) is 0.538. The minimum absolute atomic E-state index is 0.00230. The van der Waals surface area contributed by atoms with Crippen LogP contribution in [0, 0.1) is 23.7 Å². The van der Waals surface area contributed by atoms with E-state index in [1.807, 2.05) is 24.5 Å². The fourth-order valence-corrected chi connectivity index (χ4v) is 8.73. The first kappa shape index (κ1) is 32.6. The minimum atomic E-state index is -0.832. The first-order valence-corrected chi connectivity index (χ1v) is 18.1. The number of allylic oxidation sites excluding steroid dienone is 2. The van der Waals surface area contributed by atoms with Crippen LogP contribution in [0.1, 0.15) is 106 Å². The molecule has 2 fully saturated rings. The summed E-state index contributed by atoms with van der Waals surface area (Å²) >= 11 is 1.69. The molecule has 1 saturated carbocycles. The van der Waals surface area contributed by atoms with Gasteiger partial charge in [0.05, 0.1) is 11.8 Å². The summed E-state index contributed by atoms with van der Waals surface area (Å²) in [6.45, 7) is 9.45. The Morgan fingerprint density at radius 3 is 2.20 bits per heavy atom. The first-order chi connectivity index (χ1) is 22.1. The molecule has 1 saturated heterocycles. The van der Waals surface area contributed by atoms with Crippen LogP contribution in [0.15, 0.2) is 54.9 Å². The molecule has 1 aliphatic heterocycles.